The van der Waals surface area contributed by atoms with Gasteiger partial charge >= 0.3 is 0 Å². The van der Waals surface area contributed by atoms with Crippen LogP contribution < -0.4 is 56.2 Å². The molecule has 0 radical (unpaired) electrons. The van der Waals surface area contributed by atoms with E-state index in [1.165, 1.54) is 11.4 Å². The molecule has 0 fully saturated rings. The minimum atomic E-state index is -4.94. The maximum atomic E-state index is 8.49. The summed E-state index contributed by atoms with van der Waals surface area (Å²) in [6.07, 6.45) is 8.04. The Hall–Kier alpha value is -4.39. The zero-order valence-corrected chi connectivity index (χ0v) is 27.0. The summed E-state index contributed by atoms with van der Waals surface area (Å²) in [5.74, 6) is 1.96. The number of halogens is 2. The SMILES string of the molecule is CCN1c2ccccc2N(C)c2cccc(-c3nc(-c4cc[n+](C)cc4)nc(-c4cc[n+](C)cc4)n3)c21.[O-][Cl+3]([O-])([O-])[O-].[O-][Cl+3]([O-])([O-])[O-]. The lowest BCUT2D eigenvalue weighted by Gasteiger charge is -2.39. The Morgan fingerprint density at radius 1 is 0.574 bits per heavy atom. The summed E-state index contributed by atoms with van der Waals surface area (Å²) >= 11 is 0. The molecule has 0 atom stereocenters. The molecule has 6 rings (SSSR count). The molecule has 0 spiro atoms. The van der Waals surface area contributed by atoms with Gasteiger partial charge in [-0.3, -0.25) is 0 Å². The third-order valence-electron chi connectivity index (χ3n) is 6.85. The van der Waals surface area contributed by atoms with Crippen molar-refractivity contribution in [2.75, 3.05) is 23.4 Å². The summed E-state index contributed by atoms with van der Waals surface area (Å²) < 4.78 is 72.0. The van der Waals surface area contributed by atoms with Gasteiger partial charge in [-0.1, -0.05) is 18.2 Å². The van der Waals surface area contributed by atoms with E-state index in [-0.39, 0.29) is 0 Å². The van der Waals surface area contributed by atoms with Crippen LogP contribution in [0, 0.1) is 20.5 Å². The highest BCUT2D eigenvalue weighted by molar-refractivity contribution is 5.99. The molecule has 4 heterocycles. The van der Waals surface area contributed by atoms with Crippen molar-refractivity contribution in [1.29, 1.82) is 0 Å². The van der Waals surface area contributed by atoms with Gasteiger partial charge in [-0.25, -0.2) is 61.4 Å². The van der Waals surface area contributed by atoms with E-state index in [0.29, 0.717) is 17.5 Å². The fraction of sp³-hybridized carbons (Fsp3) is 0.167. The quantitative estimate of drug-likeness (QED) is 0.162. The summed E-state index contributed by atoms with van der Waals surface area (Å²) in [6.45, 7) is 3.00. The van der Waals surface area contributed by atoms with Crippen molar-refractivity contribution in [3.63, 3.8) is 0 Å². The zero-order valence-electron chi connectivity index (χ0n) is 25.5. The Labute approximate surface area is 274 Å². The molecule has 0 unspecified atom stereocenters. The number of para-hydroxylation sites is 3. The van der Waals surface area contributed by atoms with Crippen LogP contribution >= 0.6 is 0 Å². The second kappa shape index (κ2) is 14.6. The van der Waals surface area contributed by atoms with E-state index < -0.39 is 20.5 Å². The Morgan fingerprint density at radius 3 is 1.43 bits per heavy atom. The van der Waals surface area contributed by atoms with Crippen molar-refractivity contribution in [1.82, 2.24) is 15.0 Å². The summed E-state index contributed by atoms with van der Waals surface area (Å²) in [5, 5.41) is 0. The topological polar surface area (TPSA) is 237 Å². The Bertz CT molecular complexity index is 1730. The highest BCUT2D eigenvalue weighted by Gasteiger charge is 2.29. The van der Waals surface area contributed by atoms with Crippen LogP contribution in [0.2, 0.25) is 0 Å². The van der Waals surface area contributed by atoms with Crippen molar-refractivity contribution in [2.45, 2.75) is 6.92 Å². The van der Waals surface area contributed by atoms with Gasteiger partial charge in [0.1, 0.15) is 14.1 Å². The van der Waals surface area contributed by atoms with E-state index in [1.807, 2.05) is 72.3 Å². The molecular weight excluding hydrogens is 657 g/mol. The standard InChI is InChI=1S/C30H29N7.2ClHO4/c1-5-37-25-11-7-6-10-24(25)36(4)26-12-8-9-23(27(26)37)30-32-28(21-13-17-34(2)18-14-21)31-29(33-30)22-15-19-35(3)20-16-22;2*2-1(3,4)5/h6-20H,5H2,1-4H3;2*(H,2,3,4,5)/q+2;;/p-2. The summed E-state index contributed by atoms with van der Waals surface area (Å²) in [7, 11) is -3.77. The number of nitrogens with zero attached hydrogens (tertiary/aromatic N) is 7. The third-order valence-corrected chi connectivity index (χ3v) is 6.85. The Morgan fingerprint density at radius 2 is 0.979 bits per heavy atom. The monoisotopic (exact) mass is 685 g/mol. The van der Waals surface area contributed by atoms with Gasteiger partial charge < -0.3 is 9.80 Å². The van der Waals surface area contributed by atoms with Gasteiger partial charge in [0.2, 0.25) is 0 Å². The van der Waals surface area contributed by atoms with Crippen LogP contribution in [0.15, 0.2) is 91.5 Å². The Kier molecular flexibility index (Phi) is 11.0. The average Bonchev–Trinajstić information content (AvgIpc) is 3.00. The first-order valence-electron chi connectivity index (χ1n) is 13.7. The molecule has 1 aliphatic heterocycles. The lowest BCUT2D eigenvalue weighted by Crippen LogP contribution is -2.68. The number of rotatable bonds is 4. The van der Waals surface area contributed by atoms with Gasteiger partial charge in [0.15, 0.2) is 42.3 Å². The highest BCUT2D eigenvalue weighted by atomic mass is 35.7. The van der Waals surface area contributed by atoms with E-state index in [4.69, 9.17) is 52.2 Å². The first kappa shape index (κ1) is 35.5. The van der Waals surface area contributed by atoms with E-state index in [1.54, 1.807) is 0 Å². The maximum absolute atomic E-state index is 8.49. The van der Waals surface area contributed by atoms with Gasteiger partial charge in [0.05, 0.1) is 22.7 Å². The molecular formula is C30H29Cl2N7O8. The number of hydrogen-bond acceptors (Lipinski definition) is 13. The first-order chi connectivity index (χ1) is 22.0. The summed E-state index contributed by atoms with van der Waals surface area (Å²) in [6, 6.07) is 23.0. The highest BCUT2D eigenvalue weighted by Crippen LogP contribution is 2.50. The van der Waals surface area contributed by atoms with Crippen LogP contribution in [0.5, 0.6) is 0 Å². The third kappa shape index (κ3) is 9.57. The smallest absolute Gasteiger partial charge is 0.169 e. The number of hydrogen-bond donors (Lipinski definition) is 0. The normalized spacial score (nSPS) is 12.3. The zero-order chi connectivity index (χ0) is 34.5. The van der Waals surface area contributed by atoms with E-state index in [9.17, 15) is 0 Å². The molecule has 0 aliphatic carbocycles. The molecule has 15 nitrogen and oxygen atoms in total. The Balaban J connectivity index is 0.000000439. The van der Waals surface area contributed by atoms with Crippen molar-refractivity contribution in [3.8, 4) is 34.2 Å². The van der Waals surface area contributed by atoms with Crippen LogP contribution in [0.1, 0.15) is 6.92 Å². The van der Waals surface area contributed by atoms with Crippen LogP contribution in [-0.2, 0) is 14.1 Å². The van der Waals surface area contributed by atoms with Gasteiger partial charge in [-0.15, -0.1) is 20.5 Å². The molecule has 2 aromatic carbocycles. The van der Waals surface area contributed by atoms with Crippen LogP contribution in [0.4, 0.5) is 22.7 Å². The average molecular weight is 687 g/mol. The fourth-order valence-electron chi connectivity index (χ4n) is 4.88. The number of aryl methyl sites for hydroxylation is 2. The minimum absolute atomic E-state index is 0.652. The molecule has 0 bridgehead atoms. The van der Waals surface area contributed by atoms with Gasteiger partial charge in [0.25, 0.3) is 0 Å². The van der Waals surface area contributed by atoms with Crippen molar-refractivity contribution in [3.05, 3.63) is 91.5 Å². The molecule has 1 aliphatic rings. The summed E-state index contributed by atoms with van der Waals surface area (Å²) in [5.41, 5.74) is 7.46. The second-order valence-electron chi connectivity index (χ2n) is 10.0. The minimum Gasteiger partial charge on any atom is -0.341 e. The lowest BCUT2D eigenvalue weighted by molar-refractivity contribution is -2.00. The molecule has 0 saturated carbocycles. The van der Waals surface area contributed by atoms with E-state index in [2.05, 4.69) is 66.2 Å². The second-order valence-corrected chi connectivity index (χ2v) is 11.5. The fourth-order valence-corrected chi connectivity index (χ4v) is 4.88. The molecule has 0 saturated heterocycles. The predicted octanol–water partition coefficient (Wildman–Crippen LogP) is -4.75. The number of fused-ring (bicyclic) bond motifs is 2. The lowest BCUT2D eigenvalue weighted by atomic mass is 10.0. The predicted molar refractivity (Wildman–Crippen MR) is 146 cm³/mol. The largest absolute Gasteiger partial charge is 0.341 e. The molecule has 0 N–H and O–H groups in total. The molecule has 47 heavy (non-hydrogen) atoms. The van der Waals surface area contributed by atoms with E-state index >= 15 is 0 Å². The van der Waals surface area contributed by atoms with Crippen molar-refractivity contribution in [2.24, 2.45) is 14.1 Å². The molecule has 17 heteroatoms. The molecule has 5 aromatic rings. The van der Waals surface area contributed by atoms with Crippen LogP contribution in [0.25, 0.3) is 34.2 Å². The van der Waals surface area contributed by atoms with Crippen molar-refractivity contribution >= 4 is 22.7 Å². The summed E-state index contributed by atoms with van der Waals surface area (Å²) in [4.78, 5) is 19.5. The van der Waals surface area contributed by atoms with Gasteiger partial charge in [0, 0.05) is 54.5 Å². The molecule has 0 amide bonds. The number of aromatic nitrogens is 5. The van der Waals surface area contributed by atoms with Gasteiger partial charge in [-0.2, -0.15) is 0 Å². The molecule has 3 aromatic heterocycles. The number of pyridine rings is 2. The van der Waals surface area contributed by atoms with Crippen molar-refractivity contribution < 1.29 is 66.9 Å². The van der Waals surface area contributed by atoms with Gasteiger partial charge in [-0.05, 0) is 31.2 Å². The number of anilines is 4. The van der Waals surface area contributed by atoms with Crippen LogP contribution in [-0.4, -0.2) is 28.5 Å². The molecule has 246 valence electrons. The first-order valence-corrected chi connectivity index (χ1v) is 16.1. The van der Waals surface area contributed by atoms with E-state index in [0.717, 1.165) is 34.6 Å². The van der Waals surface area contributed by atoms with Crippen LogP contribution in [0.3, 0.4) is 0 Å². The maximum Gasteiger partial charge on any atom is 0.169 e. The number of benzene rings is 2.